The van der Waals surface area contributed by atoms with Gasteiger partial charge in [-0.25, -0.2) is 4.79 Å². The molecule has 2 rings (SSSR count). The first kappa shape index (κ1) is 19.2. The molecular weight excluding hydrogens is 334 g/mol. The summed E-state index contributed by atoms with van der Waals surface area (Å²) >= 11 is 0. The summed E-state index contributed by atoms with van der Waals surface area (Å²) in [6.45, 7) is 3.29. The van der Waals surface area contributed by atoms with Crippen LogP contribution in [0.2, 0.25) is 0 Å². The summed E-state index contributed by atoms with van der Waals surface area (Å²) in [5, 5.41) is 2.79. The quantitative estimate of drug-likeness (QED) is 0.636. The Bertz CT molecular complexity index is 857. The third-order valence-electron chi connectivity index (χ3n) is 3.97. The summed E-state index contributed by atoms with van der Waals surface area (Å²) in [5.74, 6) is -0.313. The maximum absolute atomic E-state index is 12.5. The van der Waals surface area contributed by atoms with Gasteiger partial charge in [-0.15, -0.1) is 0 Å². The molecule has 0 spiro atoms. The van der Waals surface area contributed by atoms with E-state index < -0.39 is 5.97 Å². The van der Waals surface area contributed by atoms with E-state index in [-0.39, 0.29) is 18.1 Å². The molecule has 0 fully saturated rings. The number of aryl methyl sites for hydroxylation is 1. The molecule has 26 heavy (non-hydrogen) atoms. The lowest BCUT2D eigenvalue weighted by atomic mass is 10.0. The van der Waals surface area contributed by atoms with Gasteiger partial charge in [0.05, 0.1) is 26.2 Å². The number of anilines is 1. The van der Waals surface area contributed by atoms with Crippen molar-refractivity contribution in [2.24, 2.45) is 0 Å². The smallest absolute Gasteiger partial charge is 0.337 e. The average molecular weight is 355 g/mol. The fourth-order valence-electron chi connectivity index (χ4n) is 2.50. The van der Waals surface area contributed by atoms with Crippen molar-refractivity contribution in [1.82, 2.24) is 0 Å². The zero-order chi connectivity index (χ0) is 19.3. The summed E-state index contributed by atoms with van der Waals surface area (Å²) in [4.78, 5) is 35.7. The minimum Gasteiger partial charge on any atom is -0.496 e. The van der Waals surface area contributed by atoms with Crippen LogP contribution in [-0.2, 0) is 16.0 Å². The van der Waals surface area contributed by atoms with Gasteiger partial charge in [-0.2, -0.15) is 0 Å². The molecule has 0 aromatic heterocycles. The Kier molecular flexibility index (Phi) is 6.11. The Morgan fingerprint density at radius 2 is 1.69 bits per heavy atom. The van der Waals surface area contributed by atoms with E-state index in [1.54, 1.807) is 36.4 Å². The van der Waals surface area contributed by atoms with Crippen LogP contribution in [0.1, 0.15) is 38.8 Å². The van der Waals surface area contributed by atoms with Crippen LogP contribution in [0, 0.1) is 6.92 Å². The molecular formula is C20H21NO5. The Balaban J connectivity index is 2.23. The first-order chi connectivity index (χ1) is 12.3. The molecule has 0 saturated carbocycles. The van der Waals surface area contributed by atoms with Gasteiger partial charge in [-0.05, 0) is 49.7 Å². The summed E-state index contributed by atoms with van der Waals surface area (Å²) in [5.41, 5.74) is 2.82. The van der Waals surface area contributed by atoms with E-state index in [1.807, 2.05) is 6.92 Å². The van der Waals surface area contributed by atoms with Gasteiger partial charge in [0, 0.05) is 16.8 Å². The molecule has 2 aromatic rings. The second-order valence-electron chi connectivity index (χ2n) is 5.83. The van der Waals surface area contributed by atoms with Gasteiger partial charge in [0.25, 0.3) is 0 Å². The van der Waals surface area contributed by atoms with Crippen molar-refractivity contribution in [3.05, 3.63) is 58.7 Å². The predicted molar refractivity (Wildman–Crippen MR) is 97.9 cm³/mol. The van der Waals surface area contributed by atoms with Gasteiger partial charge in [0.15, 0.2) is 5.78 Å². The summed E-state index contributed by atoms with van der Waals surface area (Å²) in [6, 6.07) is 9.92. The van der Waals surface area contributed by atoms with Crippen LogP contribution in [0.25, 0.3) is 0 Å². The monoisotopic (exact) mass is 355 g/mol. The van der Waals surface area contributed by atoms with Crippen molar-refractivity contribution in [2.75, 3.05) is 19.5 Å². The van der Waals surface area contributed by atoms with E-state index in [9.17, 15) is 14.4 Å². The minimum absolute atomic E-state index is 0.0339. The normalized spacial score (nSPS) is 10.2. The molecule has 0 bridgehead atoms. The maximum Gasteiger partial charge on any atom is 0.337 e. The van der Waals surface area contributed by atoms with Crippen molar-refractivity contribution in [3.8, 4) is 5.75 Å². The first-order valence-electron chi connectivity index (χ1n) is 8.02. The largest absolute Gasteiger partial charge is 0.496 e. The van der Waals surface area contributed by atoms with Gasteiger partial charge in [0.1, 0.15) is 5.75 Å². The third-order valence-corrected chi connectivity index (χ3v) is 3.97. The number of amides is 1. The summed E-state index contributed by atoms with van der Waals surface area (Å²) < 4.78 is 9.97. The molecule has 0 saturated heterocycles. The fraction of sp³-hybridized carbons (Fsp3) is 0.250. The van der Waals surface area contributed by atoms with Gasteiger partial charge in [0.2, 0.25) is 5.91 Å². The maximum atomic E-state index is 12.5. The lowest BCUT2D eigenvalue weighted by Gasteiger charge is -2.12. The molecule has 136 valence electrons. The number of hydrogen-bond donors (Lipinski definition) is 1. The van der Waals surface area contributed by atoms with E-state index in [2.05, 4.69) is 5.32 Å². The number of carbonyl (C=O) groups is 3. The standard InChI is InChI=1S/C20H21NO5/c1-12-5-6-15(20(24)26-4)10-17(12)21-19(23)11-16-9-14(13(2)22)7-8-18(16)25-3/h5-10H,11H2,1-4H3,(H,21,23). The molecule has 0 radical (unpaired) electrons. The van der Waals surface area contributed by atoms with Crippen LogP contribution >= 0.6 is 0 Å². The molecule has 0 atom stereocenters. The number of nitrogens with one attached hydrogen (secondary N) is 1. The number of benzene rings is 2. The fourth-order valence-corrected chi connectivity index (χ4v) is 2.50. The molecule has 0 aliphatic carbocycles. The highest BCUT2D eigenvalue weighted by atomic mass is 16.5. The van der Waals surface area contributed by atoms with Crippen molar-refractivity contribution < 1.29 is 23.9 Å². The lowest BCUT2D eigenvalue weighted by molar-refractivity contribution is -0.115. The first-order valence-corrected chi connectivity index (χ1v) is 8.02. The highest BCUT2D eigenvalue weighted by Gasteiger charge is 2.14. The molecule has 1 amide bonds. The number of carbonyl (C=O) groups excluding carboxylic acids is 3. The second kappa shape index (κ2) is 8.29. The zero-order valence-electron chi connectivity index (χ0n) is 15.2. The Morgan fingerprint density at radius 3 is 2.31 bits per heavy atom. The zero-order valence-corrected chi connectivity index (χ0v) is 15.2. The van der Waals surface area contributed by atoms with Gasteiger partial charge >= 0.3 is 5.97 Å². The van der Waals surface area contributed by atoms with E-state index >= 15 is 0 Å². The van der Waals surface area contributed by atoms with E-state index in [1.165, 1.54) is 21.1 Å². The van der Waals surface area contributed by atoms with Gasteiger partial charge in [-0.1, -0.05) is 6.07 Å². The molecule has 0 aliphatic heterocycles. The van der Waals surface area contributed by atoms with E-state index in [0.717, 1.165) is 5.56 Å². The number of esters is 1. The number of rotatable bonds is 6. The summed E-state index contributed by atoms with van der Waals surface area (Å²) in [6.07, 6.45) is 0.0339. The Hall–Kier alpha value is -3.15. The molecule has 2 aromatic carbocycles. The average Bonchev–Trinajstić information content (AvgIpc) is 2.62. The van der Waals surface area contributed by atoms with Crippen molar-refractivity contribution in [2.45, 2.75) is 20.3 Å². The van der Waals surface area contributed by atoms with Crippen LogP contribution in [-0.4, -0.2) is 31.9 Å². The number of methoxy groups -OCH3 is 2. The highest BCUT2D eigenvalue weighted by molar-refractivity contribution is 5.97. The van der Waals surface area contributed by atoms with Gasteiger partial charge < -0.3 is 14.8 Å². The van der Waals surface area contributed by atoms with Crippen LogP contribution < -0.4 is 10.1 Å². The van der Waals surface area contributed by atoms with Crippen molar-refractivity contribution in [1.29, 1.82) is 0 Å². The Morgan fingerprint density at radius 1 is 1.00 bits per heavy atom. The molecule has 6 nitrogen and oxygen atoms in total. The molecule has 0 unspecified atom stereocenters. The number of Topliss-reactive ketones (excluding diaryl/α,β-unsaturated/α-hetero) is 1. The van der Waals surface area contributed by atoms with Crippen LogP contribution in [0.3, 0.4) is 0 Å². The van der Waals surface area contributed by atoms with Gasteiger partial charge in [-0.3, -0.25) is 9.59 Å². The molecule has 0 aliphatic rings. The van der Waals surface area contributed by atoms with Crippen LogP contribution in [0.4, 0.5) is 5.69 Å². The molecule has 1 N–H and O–H groups in total. The summed E-state index contributed by atoms with van der Waals surface area (Å²) in [7, 11) is 2.81. The Labute approximate surface area is 152 Å². The SMILES string of the molecule is COC(=O)c1ccc(C)c(NC(=O)Cc2cc(C(C)=O)ccc2OC)c1. The van der Waals surface area contributed by atoms with E-state index in [0.29, 0.717) is 28.1 Å². The van der Waals surface area contributed by atoms with Crippen LogP contribution in [0.5, 0.6) is 5.75 Å². The highest BCUT2D eigenvalue weighted by Crippen LogP contribution is 2.22. The second-order valence-corrected chi connectivity index (χ2v) is 5.83. The number of ether oxygens (including phenoxy) is 2. The van der Waals surface area contributed by atoms with Crippen LogP contribution in [0.15, 0.2) is 36.4 Å². The van der Waals surface area contributed by atoms with Crippen molar-refractivity contribution in [3.63, 3.8) is 0 Å². The number of ketones is 1. The number of hydrogen-bond acceptors (Lipinski definition) is 5. The lowest BCUT2D eigenvalue weighted by Crippen LogP contribution is -2.16. The molecule has 0 heterocycles. The topological polar surface area (TPSA) is 81.7 Å². The van der Waals surface area contributed by atoms with E-state index in [4.69, 9.17) is 9.47 Å². The third kappa shape index (κ3) is 4.47. The minimum atomic E-state index is -0.476. The molecule has 6 heteroatoms. The van der Waals surface area contributed by atoms with Crippen molar-refractivity contribution >= 4 is 23.3 Å². The predicted octanol–water partition coefficient (Wildman–Crippen LogP) is 3.17.